The lowest BCUT2D eigenvalue weighted by Gasteiger charge is -2.72. The maximum atomic E-state index is 6.16. The molecule has 0 saturated heterocycles. The first kappa shape index (κ1) is 21.0. The molecule has 164 valence electrons. The molecule has 2 bridgehead atoms. The molecule has 2 heteroatoms. The first-order chi connectivity index (χ1) is 15.3. The second-order valence-corrected chi connectivity index (χ2v) is 10.2. The number of hydrogen-bond donors (Lipinski definition) is 0. The van der Waals surface area contributed by atoms with E-state index < -0.39 is 0 Å². The molecule has 3 aliphatic heterocycles. The maximum absolute atomic E-state index is 6.16. The highest BCUT2D eigenvalue weighted by Gasteiger charge is 2.65. The van der Waals surface area contributed by atoms with Gasteiger partial charge < -0.3 is 9.47 Å². The van der Waals surface area contributed by atoms with Gasteiger partial charge in [0.15, 0.2) is 0 Å². The van der Waals surface area contributed by atoms with Crippen molar-refractivity contribution in [2.24, 2.45) is 10.8 Å². The Balaban J connectivity index is 1.35. The molecule has 0 amide bonds. The summed E-state index contributed by atoms with van der Waals surface area (Å²) in [6, 6.07) is 21.7. The fourth-order valence-corrected chi connectivity index (χ4v) is 6.63. The summed E-state index contributed by atoms with van der Waals surface area (Å²) in [4.78, 5) is 0. The van der Waals surface area contributed by atoms with E-state index in [2.05, 4.69) is 60.7 Å². The van der Waals surface area contributed by atoms with Crippen molar-refractivity contribution in [3.63, 3.8) is 0 Å². The van der Waals surface area contributed by atoms with Crippen LogP contribution in [-0.4, -0.2) is 26.4 Å². The summed E-state index contributed by atoms with van der Waals surface area (Å²) in [6.07, 6.45) is 11.5. The average molecular weight is 417 g/mol. The number of ether oxygens (including phenoxy) is 2. The summed E-state index contributed by atoms with van der Waals surface area (Å²) in [5.74, 6) is 0. The van der Waals surface area contributed by atoms with Crippen LogP contribution in [0.2, 0.25) is 0 Å². The van der Waals surface area contributed by atoms with Crippen LogP contribution in [-0.2, 0) is 9.47 Å². The van der Waals surface area contributed by atoms with Crippen LogP contribution in [0.1, 0.15) is 68.9 Å². The molecular formula is C29H36O2. The fraction of sp³-hybridized carbons (Fsp3) is 0.517. The number of benzene rings is 2. The summed E-state index contributed by atoms with van der Waals surface area (Å²) in [5.41, 5.74) is 6.80. The van der Waals surface area contributed by atoms with Crippen LogP contribution in [0.15, 0.2) is 60.7 Å². The molecule has 2 nitrogen and oxygen atoms in total. The van der Waals surface area contributed by atoms with Gasteiger partial charge in [0.1, 0.15) is 0 Å². The molecule has 2 aromatic carbocycles. The zero-order valence-electron chi connectivity index (χ0n) is 18.8. The Labute approximate surface area is 187 Å². The highest BCUT2D eigenvalue weighted by atomic mass is 16.5. The Hall–Kier alpha value is -1.90. The van der Waals surface area contributed by atoms with E-state index in [-0.39, 0.29) is 0 Å². The number of rotatable bonds is 2. The van der Waals surface area contributed by atoms with Gasteiger partial charge in [0.05, 0.1) is 13.2 Å². The van der Waals surface area contributed by atoms with Gasteiger partial charge >= 0.3 is 0 Å². The van der Waals surface area contributed by atoms with Crippen molar-refractivity contribution in [2.75, 3.05) is 26.4 Å². The van der Waals surface area contributed by atoms with Gasteiger partial charge in [0.2, 0.25) is 0 Å². The molecule has 0 atom stereocenters. The Morgan fingerprint density at radius 2 is 0.935 bits per heavy atom. The second kappa shape index (κ2) is 9.30. The summed E-state index contributed by atoms with van der Waals surface area (Å²) < 4.78 is 12.3. The molecule has 0 spiro atoms. The topological polar surface area (TPSA) is 18.5 Å². The van der Waals surface area contributed by atoms with E-state index >= 15 is 0 Å². The summed E-state index contributed by atoms with van der Waals surface area (Å²) in [5, 5.41) is 0. The molecule has 3 aliphatic carbocycles. The van der Waals surface area contributed by atoms with E-state index in [4.69, 9.17) is 9.47 Å². The van der Waals surface area contributed by atoms with Crippen LogP contribution in [0.5, 0.6) is 0 Å². The van der Waals surface area contributed by atoms with E-state index in [0.717, 1.165) is 39.3 Å². The highest BCUT2D eigenvalue weighted by Crippen LogP contribution is 2.76. The van der Waals surface area contributed by atoms with Crippen LogP contribution in [0, 0.1) is 10.8 Å². The van der Waals surface area contributed by atoms with E-state index in [1.807, 2.05) is 0 Å². The van der Waals surface area contributed by atoms with Crippen molar-refractivity contribution in [3.05, 3.63) is 71.8 Å². The fourth-order valence-electron chi connectivity index (χ4n) is 6.63. The molecule has 2 aromatic rings. The van der Waals surface area contributed by atoms with Crippen LogP contribution in [0.25, 0.3) is 11.1 Å². The van der Waals surface area contributed by atoms with Gasteiger partial charge in [0, 0.05) is 13.2 Å². The molecule has 3 heterocycles. The van der Waals surface area contributed by atoms with Gasteiger partial charge in [-0.15, -0.1) is 0 Å². The van der Waals surface area contributed by atoms with Crippen molar-refractivity contribution >= 4 is 11.1 Å². The summed E-state index contributed by atoms with van der Waals surface area (Å²) >= 11 is 0. The lowest BCUT2D eigenvalue weighted by Crippen LogP contribution is -2.61. The van der Waals surface area contributed by atoms with Crippen LogP contribution in [0.4, 0.5) is 0 Å². The standard InChI is InChI=1S/C29H36O2/c1-3-9-24(10-4-1)26-13-19-30-17-7-15-28-21-29(22-28,23-28)16-8-18-31-20-14-27(26)25-11-5-2-6-12-25/h1-6,9-12H,7-8,13-23H2. The molecule has 31 heavy (non-hydrogen) atoms. The lowest BCUT2D eigenvalue weighted by molar-refractivity contribution is -0.214. The molecule has 0 N–H and O–H groups in total. The first-order valence-corrected chi connectivity index (χ1v) is 12.3. The first-order valence-electron chi connectivity index (χ1n) is 12.3. The van der Waals surface area contributed by atoms with E-state index in [9.17, 15) is 0 Å². The van der Waals surface area contributed by atoms with Gasteiger partial charge in [-0.25, -0.2) is 0 Å². The van der Waals surface area contributed by atoms with Crippen LogP contribution in [0.3, 0.4) is 0 Å². The predicted octanol–water partition coefficient (Wildman–Crippen LogP) is 7.16. The SMILES string of the molecule is c1ccc(C2=C(c3ccccc3)CCOCCCC34CC(CCCOCC2)(C3)C4)cc1. The Kier molecular flexibility index (Phi) is 6.29. The molecule has 3 fully saturated rings. The maximum Gasteiger partial charge on any atom is 0.0506 e. The van der Waals surface area contributed by atoms with Gasteiger partial charge in [0.25, 0.3) is 0 Å². The lowest BCUT2D eigenvalue weighted by atomic mass is 9.33. The van der Waals surface area contributed by atoms with Crippen molar-refractivity contribution in [1.29, 1.82) is 0 Å². The van der Waals surface area contributed by atoms with Crippen molar-refractivity contribution in [1.82, 2.24) is 0 Å². The van der Waals surface area contributed by atoms with Gasteiger partial charge in [-0.05, 0) is 90.9 Å². The minimum Gasteiger partial charge on any atom is -0.381 e. The predicted molar refractivity (Wildman–Crippen MR) is 128 cm³/mol. The molecule has 3 saturated carbocycles. The van der Waals surface area contributed by atoms with Gasteiger partial charge in [-0.3, -0.25) is 0 Å². The van der Waals surface area contributed by atoms with E-state index in [0.29, 0.717) is 10.8 Å². The molecule has 0 aromatic heterocycles. The van der Waals surface area contributed by atoms with Crippen molar-refractivity contribution < 1.29 is 9.47 Å². The van der Waals surface area contributed by atoms with Crippen LogP contribution >= 0.6 is 0 Å². The Bertz CT molecular complexity index is 792. The highest BCUT2D eigenvalue weighted by molar-refractivity contribution is 5.90. The molecule has 6 aliphatic rings. The monoisotopic (exact) mass is 416 g/mol. The van der Waals surface area contributed by atoms with E-state index in [1.54, 1.807) is 0 Å². The van der Waals surface area contributed by atoms with Crippen molar-refractivity contribution in [2.45, 2.75) is 57.8 Å². The quantitative estimate of drug-likeness (QED) is 0.517. The third-order valence-electron chi connectivity index (χ3n) is 7.84. The molecule has 8 rings (SSSR count). The average Bonchev–Trinajstić information content (AvgIpc) is 2.76. The Morgan fingerprint density at radius 3 is 1.35 bits per heavy atom. The third-order valence-corrected chi connectivity index (χ3v) is 7.84. The van der Waals surface area contributed by atoms with Gasteiger partial charge in [-0.2, -0.15) is 0 Å². The minimum atomic E-state index is 0.688. The Morgan fingerprint density at radius 1 is 0.516 bits per heavy atom. The molecular weight excluding hydrogens is 380 g/mol. The third kappa shape index (κ3) is 4.66. The normalized spacial score (nSPS) is 30.1. The van der Waals surface area contributed by atoms with E-state index in [1.165, 1.54) is 67.2 Å². The minimum absolute atomic E-state index is 0.688. The molecule has 0 unspecified atom stereocenters. The summed E-state index contributed by atoms with van der Waals surface area (Å²) in [7, 11) is 0. The van der Waals surface area contributed by atoms with Crippen LogP contribution < -0.4 is 0 Å². The largest absolute Gasteiger partial charge is 0.381 e. The molecule has 0 radical (unpaired) electrons. The van der Waals surface area contributed by atoms with Crippen molar-refractivity contribution in [3.8, 4) is 0 Å². The smallest absolute Gasteiger partial charge is 0.0506 e. The zero-order chi connectivity index (χ0) is 21.0. The zero-order valence-corrected chi connectivity index (χ0v) is 18.8. The second-order valence-electron chi connectivity index (χ2n) is 10.2. The van der Waals surface area contributed by atoms with Gasteiger partial charge in [-0.1, -0.05) is 60.7 Å². The summed E-state index contributed by atoms with van der Waals surface area (Å²) in [6.45, 7) is 3.39. The number of hydrogen-bond acceptors (Lipinski definition) is 2.